The Bertz CT molecular complexity index is 870. The summed E-state index contributed by atoms with van der Waals surface area (Å²) in [5, 5.41) is 2.58. The van der Waals surface area contributed by atoms with Gasteiger partial charge in [0.15, 0.2) is 0 Å². The predicted octanol–water partition coefficient (Wildman–Crippen LogP) is 3.83. The molecular formula is C24H32N4. The molecule has 2 aliphatic heterocycles. The maximum atomic E-state index is 5.13. The Labute approximate surface area is 169 Å². The molecule has 2 aliphatic rings. The molecule has 2 aromatic carbocycles. The van der Waals surface area contributed by atoms with E-state index in [2.05, 4.69) is 84.1 Å². The Morgan fingerprint density at radius 3 is 2.46 bits per heavy atom. The quantitative estimate of drug-likeness (QED) is 0.792. The summed E-state index contributed by atoms with van der Waals surface area (Å²) in [6, 6.07) is 15.8. The molecule has 2 aromatic rings. The van der Waals surface area contributed by atoms with Crippen molar-refractivity contribution in [1.29, 1.82) is 0 Å². The molecule has 28 heavy (non-hydrogen) atoms. The molecule has 4 nitrogen and oxygen atoms in total. The number of likely N-dealkylation sites (N-methyl/N-ethyl adjacent to an activating group) is 1. The van der Waals surface area contributed by atoms with Gasteiger partial charge in [0.25, 0.3) is 0 Å². The fraction of sp³-hybridized carbons (Fsp3) is 0.458. The summed E-state index contributed by atoms with van der Waals surface area (Å²) in [4.78, 5) is 12.6. The Morgan fingerprint density at radius 2 is 1.71 bits per heavy atom. The lowest BCUT2D eigenvalue weighted by molar-refractivity contribution is 0.114. The van der Waals surface area contributed by atoms with Crippen LogP contribution in [0, 0.1) is 0 Å². The van der Waals surface area contributed by atoms with Crippen molar-refractivity contribution in [3.63, 3.8) is 0 Å². The van der Waals surface area contributed by atoms with Crippen LogP contribution in [0.15, 0.2) is 59.4 Å². The molecule has 0 bridgehead atoms. The number of aliphatic imine (C=N–C) groups is 1. The van der Waals surface area contributed by atoms with Crippen molar-refractivity contribution in [3.05, 3.63) is 59.9 Å². The number of fused-ring (bicyclic) bond motifs is 1. The van der Waals surface area contributed by atoms with Gasteiger partial charge in [0.05, 0.1) is 18.0 Å². The van der Waals surface area contributed by atoms with Crippen LogP contribution >= 0.6 is 0 Å². The largest absolute Gasteiger partial charge is 0.370 e. The highest BCUT2D eigenvalue weighted by Gasteiger charge is 2.22. The van der Waals surface area contributed by atoms with Gasteiger partial charge in [-0.05, 0) is 31.5 Å². The Hall–Kier alpha value is -2.17. The summed E-state index contributed by atoms with van der Waals surface area (Å²) >= 11 is 0. The van der Waals surface area contributed by atoms with E-state index in [1.54, 1.807) is 0 Å². The number of rotatable bonds is 5. The van der Waals surface area contributed by atoms with E-state index in [1.165, 1.54) is 27.7 Å². The van der Waals surface area contributed by atoms with Crippen LogP contribution in [-0.2, 0) is 0 Å². The lowest BCUT2D eigenvalue weighted by atomic mass is 10.00. The molecule has 148 valence electrons. The molecule has 1 fully saturated rings. The molecule has 0 spiro atoms. The van der Waals surface area contributed by atoms with Crippen LogP contribution in [0.3, 0.4) is 0 Å². The number of hydrogen-bond donors (Lipinski definition) is 0. The van der Waals surface area contributed by atoms with Crippen LogP contribution in [0.25, 0.3) is 10.8 Å². The highest BCUT2D eigenvalue weighted by molar-refractivity contribution is 6.12. The van der Waals surface area contributed by atoms with Gasteiger partial charge in [-0.3, -0.25) is 14.8 Å². The molecular weight excluding hydrogens is 344 g/mol. The first-order valence-corrected chi connectivity index (χ1v) is 10.6. The molecule has 0 N–H and O–H groups in total. The molecule has 0 saturated carbocycles. The summed E-state index contributed by atoms with van der Waals surface area (Å²) in [6.45, 7) is 14.2. The van der Waals surface area contributed by atoms with Gasteiger partial charge in [0, 0.05) is 57.1 Å². The van der Waals surface area contributed by atoms with Crippen molar-refractivity contribution < 1.29 is 0 Å². The lowest BCUT2D eigenvalue weighted by Crippen LogP contribution is -2.49. The molecule has 0 aromatic heterocycles. The topological polar surface area (TPSA) is 22.1 Å². The van der Waals surface area contributed by atoms with E-state index in [4.69, 9.17) is 4.99 Å². The highest BCUT2D eigenvalue weighted by atomic mass is 15.3. The third-order valence-electron chi connectivity index (χ3n) is 5.99. The van der Waals surface area contributed by atoms with E-state index in [-0.39, 0.29) is 0 Å². The zero-order valence-electron chi connectivity index (χ0n) is 17.4. The first-order valence-electron chi connectivity index (χ1n) is 10.6. The summed E-state index contributed by atoms with van der Waals surface area (Å²) in [7, 11) is 0. The van der Waals surface area contributed by atoms with Crippen LogP contribution < -0.4 is 0 Å². The van der Waals surface area contributed by atoms with Crippen molar-refractivity contribution in [1.82, 2.24) is 14.7 Å². The summed E-state index contributed by atoms with van der Waals surface area (Å²) in [5.41, 5.74) is 3.65. The van der Waals surface area contributed by atoms with Gasteiger partial charge in [-0.25, -0.2) is 0 Å². The van der Waals surface area contributed by atoms with Crippen molar-refractivity contribution in [2.24, 2.45) is 4.99 Å². The van der Waals surface area contributed by atoms with Crippen LogP contribution in [0.5, 0.6) is 0 Å². The van der Waals surface area contributed by atoms with Gasteiger partial charge in [-0.2, -0.15) is 0 Å². The molecule has 0 atom stereocenters. The minimum absolute atomic E-state index is 0.641. The normalized spacial score (nSPS) is 19.2. The van der Waals surface area contributed by atoms with Crippen LogP contribution in [-0.4, -0.2) is 72.3 Å². The van der Waals surface area contributed by atoms with E-state index in [1.807, 2.05) is 0 Å². The summed E-state index contributed by atoms with van der Waals surface area (Å²) in [5.74, 6) is 0. The molecule has 1 saturated heterocycles. The third kappa shape index (κ3) is 4.13. The van der Waals surface area contributed by atoms with Crippen molar-refractivity contribution >= 4 is 16.5 Å². The molecule has 0 unspecified atom stereocenters. The van der Waals surface area contributed by atoms with Crippen LogP contribution in [0.4, 0.5) is 0 Å². The number of nitrogens with zero attached hydrogens (tertiary/aromatic N) is 4. The van der Waals surface area contributed by atoms with Gasteiger partial charge < -0.3 is 4.90 Å². The number of benzene rings is 2. The predicted molar refractivity (Wildman–Crippen MR) is 119 cm³/mol. The van der Waals surface area contributed by atoms with E-state index in [9.17, 15) is 0 Å². The second kappa shape index (κ2) is 8.46. The second-order valence-electron chi connectivity index (χ2n) is 8.17. The minimum atomic E-state index is 0.641. The first-order chi connectivity index (χ1) is 13.6. The van der Waals surface area contributed by atoms with E-state index in [0.29, 0.717) is 6.04 Å². The average Bonchev–Trinajstić information content (AvgIpc) is 2.73. The summed E-state index contributed by atoms with van der Waals surface area (Å²) < 4.78 is 0. The van der Waals surface area contributed by atoms with Crippen LogP contribution in [0.1, 0.15) is 26.3 Å². The highest BCUT2D eigenvalue weighted by Crippen LogP contribution is 2.23. The monoisotopic (exact) mass is 376 g/mol. The van der Waals surface area contributed by atoms with Crippen molar-refractivity contribution in [2.45, 2.75) is 26.8 Å². The zero-order chi connectivity index (χ0) is 19.5. The van der Waals surface area contributed by atoms with Gasteiger partial charge in [0.2, 0.25) is 0 Å². The molecule has 0 radical (unpaired) electrons. The number of hydrogen-bond acceptors (Lipinski definition) is 4. The standard InChI is InChI=1S/C24H32N4/c1-4-26-16-21(17-27-12-14-28(15-13-27)19(2)3)25-24(18-26)23-11-7-9-20-8-5-6-10-22(20)23/h5-11,16,19H,4,12-15,17-18H2,1-3H3. The molecule has 2 heterocycles. The minimum Gasteiger partial charge on any atom is -0.370 e. The lowest BCUT2D eigenvalue weighted by Gasteiger charge is -2.37. The average molecular weight is 377 g/mol. The SMILES string of the molecule is CCN1C=C(CN2CCN(C(C)C)CC2)N=C(c2cccc3ccccc23)C1. The van der Waals surface area contributed by atoms with Gasteiger partial charge in [-0.1, -0.05) is 42.5 Å². The zero-order valence-corrected chi connectivity index (χ0v) is 17.4. The van der Waals surface area contributed by atoms with Crippen molar-refractivity contribution in [3.8, 4) is 0 Å². The fourth-order valence-electron chi connectivity index (χ4n) is 4.26. The van der Waals surface area contributed by atoms with E-state index in [0.717, 1.165) is 45.8 Å². The number of piperazine rings is 1. The molecule has 4 rings (SSSR count). The van der Waals surface area contributed by atoms with Gasteiger partial charge in [-0.15, -0.1) is 0 Å². The fourth-order valence-corrected chi connectivity index (χ4v) is 4.26. The third-order valence-corrected chi connectivity index (χ3v) is 5.99. The molecule has 4 heteroatoms. The smallest absolute Gasteiger partial charge is 0.0706 e. The Kier molecular flexibility index (Phi) is 5.79. The van der Waals surface area contributed by atoms with Crippen LogP contribution in [0.2, 0.25) is 0 Å². The Morgan fingerprint density at radius 1 is 0.964 bits per heavy atom. The molecule has 0 aliphatic carbocycles. The maximum Gasteiger partial charge on any atom is 0.0706 e. The van der Waals surface area contributed by atoms with Gasteiger partial charge >= 0.3 is 0 Å². The van der Waals surface area contributed by atoms with E-state index < -0.39 is 0 Å². The maximum absolute atomic E-state index is 5.13. The van der Waals surface area contributed by atoms with Crippen molar-refractivity contribution in [2.75, 3.05) is 45.8 Å². The Balaban J connectivity index is 1.56. The molecule has 0 amide bonds. The van der Waals surface area contributed by atoms with E-state index >= 15 is 0 Å². The summed E-state index contributed by atoms with van der Waals surface area (Å²) in [6.07, 6.45) is 2.27. The second-order valence-corrected chi connectivity index (χ2v) is 8.17. The van der Waals surface area contributed by atoms with Gasteiger partial charge in [0.1, 0.15) is 0 Å². The first kappa shape index (κ1) is 19.2.